The van der Waals surface area contributed by atoms with E-state index in [0.29, 0.717) is 12.8 Å². The van der Waals surface area contributed by atoms with Gasteiger partial charge in [-0.05, 0) is 70.6 Å². The normalized spacial score (nSPS) is 13.2. The number of allylic oxidation sites excluding steroid dienone is 12. The van der Waals surface area contributed by atoms with Gasteiger partial charge in [0.05, 0.1) is 0 Å². The molecule has 0 saturated carbocycles. The van der Waals surface area contributed by atoms with Crippen molar-refractivity contribution >= 4 is 11.9 Å². The quantitative estimate of drug-likeness (QED) is 0.0579. The molecule has 232 valence electrons. The van der Waals surface area contributed by atoms with Crippen LogP contribution < -0.4 is 0 Å². The van der Waals surface area contributed by atoms with Gasteiger partial charge in [0.1, 0.15) is 6.10 Å². The number of unbranched alkanes of at least 4 members (excludes halogenated alkanes) is 8. The zero-order valence-electron chi connectivity index (χ0n) is 26.3. The van der Waals surface area contributed by atoms with E-state index >= 15 is 0 Å². The SMILES string of the molecule is CC/C=C\C/C=C\C/C=C\C/C=C\C/C=C\C/C=C\CCC(=O)OC(CC)CCCCCCCCCCCC(=O)O. The van der Waals surface area contributed by atoms with Crippen LogP contribution in [0.5, 0.6) is 0 Å². The summed E-state index contributed by atoms with van der Waals surface area (Å²) < 4.78 is 5.69. The molecule has 0 aliphatic carbocycles. The maximum absolute atomic E-state index is 12.2. The lowest BCUT2D eigenvalue weighted by molar-refractivity contribution is -0.149. The van der Waals surface area contributed by atoms with Gasteiger partial charge in [-0.3, -0.25) is 9.59 Å². The lowest BCUT2D eigenvalue weighted by atomic mass is 10.0. The smallest absolute Gasteiger partial charge is 0.306 e. The third kappa shape index (κ3) is 31.8. The third-order valence-electron chi connectivity index (χ3n) is 6.78. The van der Waals surface area contributed by atoms with Gasteiger partial charge in [-0.2, -0.15) is 0 Å². The average molecular weight is 569 g/mol. The average Bonchev–Trinajstić information content (AvgIpc) is 2.96. The van der Waals surface area contributed by atoms with E-state index < -0.39 is 5.97 Å². The molecule has 0 rings (SSSR count). The summed E-state index contributed by atoms with van der Waals surface area (Å²) in [4.78, 5) is 22.7. The molecule has 0 spiro atoms. The van der Waals surface area contributed by atoms with Crippen molar-refractivity contribution in [1.29, 1.82) is 0 Å². The summed E-state index contributed by atoms with van der Waals surface area (Å²) in [6.45, 7) is 4.24. The second-order valence-electron chi connectivity index (χ2n) is 10.6. The molecule has 1 N–H and O–H groups in total. The number of rotatable bonds is 28. The van der Waals surface area contributed by atoms with Gasteiger partial charge in [-0.25, -0.2) is 0 Å². The van der Waals surface area contributed by atoms with Crippen LogP contribution in [0.25, 0.3) is 0 Å². The number of carbonyl (C=O) groups is 2. The van der Waals surface area contributed by atoms with Gasteiger partial charge in [0.15, 0.2) is 0 Å². The maximum atomic E-state index is 12.2. The first-order valence-corrected chi connectivity index (χ1v) is 16.4. The number of hydrogen-bond acceptors (Lipinski definition) is 3. The molecular weight excluding hydrogens is 508 g/mol. The van der Waals surface area contributed by atoms with Crippen LogP contribution >= 0.6 is 0 Å². The summed E-state index contributed by atoms with van der Waals surface area (Å²) >= 11 is 0. The van der Waals surface area contributed by atoms with Gasteiger partial charge >= 0.3 is 11.9 Å². The highest BCUT2D eigenvalue weighted by Crippen LogP contribution is 2.15. The van der Waals surface area contributed by atoms with Gasteiger partial charge < -0.3 is 9.84 Å². The summed E-state index contributed by atoms with van der Waals surface area (Å²) in [6, 6.07) is 0. The minimum absolute atomic E-state index is 0.0435. The Bertz CT molecular complexity index is 785. The van der Waals surface area contributed by atoms with E-state index in [2.05, 4.69) is 86.8 Å². The molecule has 0 aliphatic rings. The lowest BCUT2D eigenvalue weighted by Gasteiger charge is -2.16. The Kier molecular flexibility index (Phi) is 29.9. The van der Waals surface area contributed by atoms with Crippen LogP contribution in [0.1, 0.15) is 142 Å². The van der Waals surface area contributed by atoms with E-state index in [1.54, 1.807) is 0 Å². The fourth-order valence-corrected chi connectivity index (χ4v) is 4.32. The number of carbonyl (C=O) groups excluding carboxylic acids is 1. The highest BCUT2D eigenvalue weighted by Gasteiger charge is 2.11. The number of hydrogen-bond donors (Lipinski definition) is 1. The minimum atomic E-state index is -0.689. The molecule has 0 aromatic heterocycles. The van der Waals surface area contributed by atoms with Crippen LogP contribution in [-0.4, -0.2) is 23.1 Å². The van der Waals surface area contributed by atoms with Crippen molar-refractivity contribution in [2.75, 3.05) is 0 Å². The first-order chi connectivity index (χ1) is 20.1. The molecule has 41 heavy (non-hydrogen) atoms. The molecule has 0 aliphatic heterocycles. The van der Waals surface area contributed by atoms with Crippen molar-refractivity contribution < 1.29 is 19.4 Å². The van der Waals surface area contributed by atoms with Crippen LogP contribution in [0.2, 0.25) is 0 Å². The second-order valence-corrected chi connectivity index (χ2v) is 10.6. The molecule has 0 saturated heterocycles. The molecule has 1 unspecified atom stereocenters. The molecule has 0 fully saturated rings. The monoisotopic (exact) mass is 568 g/mol. The Balaban J connectivity index is 3.69. The fourth-order valence-electron chi connectivity index (χ4n) is 4.32. The molecular formula is C37H60O4. The van der Waals surface area contributed by atoms with Crippen LogP contribution in [0, 0.1) is 0 Å². The molecule has 0 heterocycles. The van der Waals surface area contributed by atoms with Crippen molar-refractivity contribution in [3.8, 4) is 0 Å². The summed E-state index contributed by atoms with van der Waals surface area (Å²) in [5.41, 5.74) is 0. The van der Waals surface area contributed by atoms with E-state index in [1.165, 1.54) is 32.1 Å². The zero-order chi connectivity index (χ0) is 30.1. The Morgan fingerprint density at radius 1 is 0.561 bits per heavy atom. The molecule has 0 radical (unpaired) electrons. The Hall–Kier alpha value is -2.62. The third-order valence-corrected chi connectivity index (χ3v) is 6.78. The predicted molar refractivity (Wildman–Crippen MR) is 176 cm³/mol. The topological polar surface area (TPSA) is 63.6 Å². The maximum Gasteiger partial charge on any atom is 0.306 e. The van der Waals surface area contributed by atoms with E-state index in [0.717, 1.165) is 83.5 Å². The highest BCUT2D eigenvalue weighted by molar-refractivity contribution is 5.69. The minimum Gasteiger partial charge on any atom is -0.481 e. The van der Waals surface area contributed by atoms with Crippen LogP contribution in [-0.2, 0) is 14.3 Å². The number of carboxylic acid groups (broad SMARTS) is 1. The number of carboxylic acids is 1. The molecule has 0 aromatic rings. The fraction of sp³-hybridized carbons (Fsp3) is 0.622. The van der Waals surface area contributed by atoms with Gasteiger partial charge in [-0.15, -0.1) is 0 Å². The molecule has 0 bridgehead atoms. The molecule has 1 atom stereocenters. The van der Waals surface area contributed by atoms with E-state index in [9.17, 15) is 9.59 Å². The lowest BCUT2D eigenvalue weighted by Crippen LogP contribution is -2.17. The van der Waals surface area contributed by atoms with Crippen molar-refractivity contribution in [1.82, 2.24) is 0 Å². The van der Waals surface area contributed by atoms with Crippen LogP contribution in [0.3, 0.4) is 0 Å². The molecule has 4 heteroatoms. The molecule has 0 aromatic carbocycles. The van der Waals surface area contributed by atoms with Crippen molar-refractivity contribution in [2.45, 2.75) is 148 Å². The Morgan fingerprint density at radius 3 is 1.41 bits per heavy atom. The highest BCUT2D eigenvalue weighted by atomic mass is 16.5. The van der Waals surface area contributed by atoms with E-state index in [4.69, 9.17) is 9.84 Å². The van der Waals surface area contributed by atoms with Gasteiger partial charge in [0, 0.05) is 12.8 Å². The summed E-state index contributed by atoms with van der Waals surface area (Å²) in [7, 11) is 0. The Morgan fingerprint density at radius 2 is 0.976 bits per heavy atom. The first kappa shape index (κ1) is 38.4. The summed E-state index contributed by atoms with van der Waals surface area (Å²) in [5, 5.41) is 8.64. The molecule has 4 nitrogen and oxygen atoms in total. The zero-order valence-corrected chi connectivity index (χ0v) is 26.3. The van der Waals surface area contributed by atoms with Gasteiger partial charge in [-0.1, -0.05) is 132 Å². The van der Waals surface area contributed by atoms with Gasteiger partial charge in [0.2, 0.25) is 0 Å². The van der Waals surface area contributed by atoms with Crippen molar-refractivity contribution in [2.24, 2.45) is 0 Å². The summed E-state index contributed by atoms with van der Waals surface area (Å²) in [6.07, 6.45) is 45.7. The van der Waals surface area contributed by atoms with Gasteiger partial charge in [0.25, 0.3) is 0 Å². The first-order valence-electron chi connectivity index (χ1n) is 16.4. The van der Waals surface area contributed by atoms with E-state index in [1.807, 2.05) is 0 Å². The van der Waals surface area contributed by atoms with Crippen LogP contribution in [0.4, 0.5) is 0 Å². The number of aliphatic carboxylic acids is 1. The summed E-state index contributed by atoms with van der Waals surface area (Å²) in [5.74, 6) is -0.773. The van der Waals surface area contributed by atoms with Crippen LogP contribution in [0.15, 0.2) is 72.9 Å². The predicted octanol–water partition coefficient (Wildman–Crippen LogP) is 11.2. The number of esters is 1. The van der Waals surface area contributed by atoms with Crippen molar-refractivity contribution in [3.05, 3.63) is 72.9 Å². The largest absolute Gasteiger partial charge is 0.481 e. The molecule has 0 amide bonds. The van der Waals surface area contributed by atoms with E-state index in [-0.39, 0.29) is 12.1 Å². The Labute approximate surface area is 252 Å². The second kappa shape index (κ2) is 31.9. The van der Waals surface area contributed by atoms with Crippen molar-refractivity contribution in [3.63, 3.8) is 0 Å². The standard InChI is InChI=1S/C37H60O4/c1-3-5-6-7-8-9-10-11-12-13-14-15-16-17-18-22-25-28-31-34-37(40)41-35(4-2)32-29-26-23-20-19-21-24-27-30-33-36(38)39/h5-6,8-9,11-12,14-15,17-18,25,28,35H,3-4,7,10,13,16,19-24,26-27,29-34H2,1-2H3,(H,38,39)/b6-5-,9-8-,12-11-,15-14-,18-17-,28-25-. The number of ether oxygens (including phenoxy) is 1.